The van der Waals surface area contributed by atoms with E-state index in [0.29, 0.717) is 6.04 Å². The summed E-state index contributed by atoms with van der Waals surface area (Å²) in [4.78, 5) is 7.21. The second-order valence-corrected chi connectivity index (χ2v) is 7.12. The van der Waals surface area contributed by atoms with Gasteiger partial charge in [0.15, 0.2) is 5.96 Å². The predicted octanol–water partition coefficient (Wildman–Crippen LogP) is 3.64. The third-order valence-electron chi connectivity index (χ3n) is 5.03. The normalized spacial score (nSPS) is 20.3. The van der Waals surface area contributed by atoms with Crippen molar-refractivity contribution >= 4 is 35.6 Å². The lowest BCUT2D eigenvalue weighted by atomic mass is 10.0. The smallest absolute Gasteiger partial charge is 0.191 e. The van der Waals surface area contributed by atoms with Crippen molar-refractivity contribution in [2.75, 3.05) is 38.2 Å². The summed E-state index contributed by atoms with van der Waals surface area (Å²) in [6.07, 6.45) is 6.41. The number of nitrogens with one attached hydrogen (secondary N) is 2. The highest BCUT2D eigenvalue weighted by Gasteiger charge is 2.22. The molecule has 0 bridgehead atoms. The summed E-state index contributed by atoms with van der Waals surface area (Å²) in [5.41, 5.74) is 1.24. The highest BCUT2D eigenvalue weighted by atomic mass is 127. The van der Waals surface area contributed by atoms with Gasteiger partial charge in [0.1, 0.15) is 5.75 Å². The molecule has 1 unspecified atom stereocenters. The second kappa shape index (κ2) is 10.8. The summed E-state index contributed by atoms with van der Waals surface area (Å²) >= 11 is 0. The van der Waals surface area contributed by atoms with Crippen molar-refractivity contribution in [1.29, 1.82) is 0 Å². The van der Waals surface area contributed by atoms with E-state index in [0.717, 1.165) is 43.8 Å². The molecule has 1 saturated carbocycles. The minimum absolute atomic E-state index is 0. The summed E-state index contributed by atoms with van der Waals surface area (Å²) in [5.74, 6) is 2.83. The van der Waals surface area contributed by atoms with Gasteiger partial charge in [-0.2, -0.15) is 0 Å². The first-order valence-corrected chi connectivity index (χ1v) is 9.72. The van der Waals surface area contributed by atoms with Crippen LogP contribution in [-0.4, -0.2) is 45.3 Å². The number of aliphatic imine (C=N–C) groups is 1. The molecule has 5 nitrogen and oxygen atoms in total. The lowest BCUT2D eigenvalue weighted by Crippen LogP contribution is -2.51. The number of rotatable bonds is 7. The highest BCUT2D eigenvalue weighted by molar-refractivity contribution is 14.0. The van der Waals surface area contributed by atoms with E-state index in [2.05, 4.69) is 40.7 Å². The third kappa shape index (κ3) is 6.52. The fraction of sp³-hybridized carbons (Fsp3) is 0.650. The van der Waals surface area contributed by atoms with E-state index in [1.54, 1.807) is 7.11 Å². The van der Waals surface area contributed by atoms with Crippen molar-refractivity contribution in [3.05, 3.63) is 24.3 Å². The summed E-state index contributed by atoms with van der Waals surface area (Å²) in [6.45, 7) is 6.07. The first-order chi connectivity index (χ1) is 12.3. The number of hydrogen-bond acceptors (Lipinski definition) is 3. The van der Waals surface area contributed by atoms with Gasteiger partial charge in [0.2, 0.25) is 0 Å². The van der Waals surface area contributed by atoms with Crippen molar-refractivity contribution in [3.63, 3.8) is 0 Å². The lowest BCUT2D eigenvalue weighted by molar-refractivity contribution is 0.414. The van der Waals surface area contributed by atoms with Gasteiger partial charge in [-0.05, 0) is 44.2 Å². The maximum absolute atomic E-state index is 5.37. The van der Waals surface area contributed by atoms with E-state index >= 15 is 0 Å². The SMILES string of the molecule is CCNC(=NCCC1CC1)NC1CCCN(c2cccc(OC)c2)C1.I. The van der Waals surface area contributed by atoms with Crippen LogP contribution in [0.4, 0.5) is 5.69 Å². The average molecular weight is 472 g/mol. The Morgan fingerprint density at radius 3 is 2.88 bits per heavy atom. The molecule has 1 atom stereocenters. The van der Waals surface area contributed by atoms with Crippen LogP contribution >= 0.6 is 24.0 Å². The molecule has 26 heavy (non-hydrogen) atoms. The molecule has 0 radical (unpaired) electrons. The van der Waals surface area contributed by atoms with Crippen LogP contribution in [0.1, 0.15) is 39.0 Å². The molecule has 2 fully saturated rings. The highest BCUT2D eigenvalue weighted by Crippen LogP contribution is 2.32. The van der Waals surface area contributed by atoms with Gasteiger partial charge in [-0.3, -0.25) is 4.99 Å². The van der Waals surface area contributed by atoms with E-state index in [-0.39, 0.29) is 24.0 Å². The van der Waals surface area contributed by atoms with Crippen LogP contribution in [0.25, 0.3) is 0 Å². The number of piperidine rings is 1. The minimum Gasteiger partial charge on any atom is -0.497 e. The zero-order chi connectivity index (χ0) is 17.5. The minimum atomic E-state index is 0. The Morgan fingerprint density at radius 1 is 1.31 bits per heavy atom. The molecule has 2 aliphatic rings. The molecule has 0 amide bonds. The molecular weight excluding hydrogens is 439 g/mol. The van der Waals surface area contributed by atoms with E-state index < -0.39 is 0 Å². The molecule has 1 saturated heterocycles. The number of guanidine groups is 1. The summed E-state index contributed by atoms with van der Waals surface area (Å²) in [7, 11) is 1.72. The predicted molar refractivity (Wildman–Crippen MR) is 120 cm³/mol. The molecule has 0 aromatic heterocycles. The molecule has 3 rings (SSSR count). The van der Waals surface area contributed by atoms with Gasteiger partial charge in [-0.15, -0.1) is 24.0 Å². The van der Waals surface area contributed by atoms with E-state index in [1.165, 1.54) is 37.8 Å². The molecular formula is C20H33IN4O. The molecule has 1 aromatic rings. The van der Waals surface area contributed by atoms with Gasteiger partial charge in [0.05, 0.1) is 7.11 Å². The molecule has 1 aromatic carbocycles. The zero-order valence-corrected chi connectivity index (χ0v) is 18.4. The van der Waals surface area contributed by atoms with Crippen molar-refractivity contribution in [1.82, 2.24) is 10.6 Å². The van der Waals surface area contributed by atoms with Crippen LogP contribution in [0.3, 0.4) is 0 Å². The van der Waals surface area contributed by atoms with E-state index in [9.17, 15) is 0 Å². The van der Waals surface area contributed by atoms with Crippen LogP contribution in [0.2, 0.25) is 0 Å². The number of benzene rings is 1. The topological polar surface area (TPSA) is 48.9 Å². The average Bonchev–Trinajstić information content (AvgIpc) is 3.46. The fourth-order valence-electron chi connectivity index (χ4n) is 3.42. The summed E-state index contributed by atoms with van der Waals surface area (Å²) in [5, 5.41) is 7.04. The Labute approximate surface area is 175 Å². The standard InChI is InChI=1S/C20H32N4O.HI/c1-3-21-20(22-12-11-16-9-10-16)23-17-6-5-13-24(15-17)18-7-4-8-19(14-18)25-2;/h4,7-8,14,16-17H,3,5-6,9-13,15H2,1-2H3,(H2,21,22,23);1H. The Hall–Kier alpha value is -1.18. The maximum Gasteiger partial charge on any atom is 0.191 e. The van der Waals surface area contributed by atoms with Gasteiger partial charge in [-0.1, -0.05) is 18.9 Å². The Bertz CT molecular complexity index is 577. The number of anilines is 1. The van der Waals surface area contributed by atoms with Gasteiger partial charge >= 0.3 is 0 Å². The Balaban J connectivity index is 0.00000243. The Kier molecular flexibility index (Phi) is 8.81. The van der Waals surface area contributed by atoms with Crippen molar-refractivity contribution in [2.45, 2.75) is 45.1 Å². The number of methoxy groups -OCH3 is 1. The summed E-state index contributed by atoms with van der Waals surface area (Å²) < 4.78 is 5.37. The molecule has 0 spiro atoms. The molecule has 2 N–H and O–H groups in total. The summed E-state index contributed by atoms with van der Waals surface area (Å²) in [6, 6.07) is 8.78. The van der Waals surface area contributed by atoms with Crippen molar-refractivity contribution in [3.8, 4) is 5.75 Å². The first-order valence-electron chi connectivity index (χ1n) is 9.72. The monoisotopic (exact) mass is 472 g/mol. The van der Waals surface area contributed by atoms with Crippen LogP contribution in [0, 0.1) is 5.92 Å². The number of hydrogen-bond donors (Lipinski definition) is 2. The van der Waals surface area contributed by atoms with Gasteiger partial charge in [-0.25, -0.2) is 0 Å². The van der Waals surface area contributed by atoms with E-state index in [1.807, 2.05) is 6.07 Å². The fourth-order valence-corrected chi connectivity index (χ4v) is 3.42. The van der Waals surface area contributed by atoms with E-state index in [4.69, 9.17) is 9.73 Å². The molecule has 146 valence electrons. The largest absolute Gasteiger partial charge is 0.497 e. The quantitative estimate of drug-likeness (QED) is 0.362. The zero-order valence-electron chi connectivity index (χ0n) is 16.0. The second-order valence-electron chi connectivity index (χ2n) is 7.12. The van der Waals surface area contributed by atoms with Crippen molar-refractivity contribution < 1.29 is 4.74 Å². The van der Waals surface area contributed by atoms with Crippen LogP contribution in [0.15, 0.2) is 29.3 Å². The molecule has 1 heterocycles. The van der Waals surface area contributed by atoms with Crippen LogP contribution < -0.4 is 20.3 Å². The maximum atomic E-state index is 5.37. The number of nitrogens with zero attached hydrogens (tertiary/aromatic N) is 2. The Morgan fingerprint density at radius 2 is 2.15 bits per heavy atom. The molecule has 1 aliphatic carbocycles. The first kappa shape index (κ1) is 21.1. The van der Waals surface area contributed by atoms with Crippen LogP contribution in [0.5, 0.6) is 5.75 Å². The van der Waals surface area contributed by atoms with Gasteiger partial charge in [0.25, 0.3) is 0 Å². The van der Waals surface area contributed by atoms with Gasteiger partial charge < -0.3 is 20.3 Å². The third-order valence-corrected chi connectivity index (χ3v) is 5.03. The number of halogens is 1. The lowest BCUT2D eigenvalue weighted by Gasteiger charge is -2.35. The van der Waals surface area contributed by atoms with Gasteiger partial charge in [0, 0.05) is 44.0 Å². The number of ether oxygens (including phenoxy) is 1. The molecule has 6 heteroatoms. The molecule has 1 aliphatic heterocycles. The van der Waals surface area contributed by atoms with Crippen molar-refractivity contribution in [2.24, 2.45) is 10.9 Å². The van der Waals surface area contributed by atoms with Crippen LogP contribution in [-0.2, 0) is 0 Å².